The first-order valence-electron chi connectivity index (χ1n) is 5.51. The summed E-state index contributed by atoms with van der Waals surface area (Å²) < 4.78 is 0. The fraction of sp³-hybridized carbons (Fsp3) is 0.308. The van der Waals surface area contributed by atoms with Crippen LogP contribution in [0.2, 0.25) is 5.02 Å². The number of aliphatic hydroxyl groups excluding tert-OH is 1. The van der Waals surface area contributed by atoms with Crippen molar-refractivity contribution in [2.45, 2.75) is 19.4 Å². The SMILES string of the molecule is CCC(O)CNC(=O)/C=C/c1cccc(Cl)c1. The van der Waals surface area contributed by atoms with Crippen molar-refractivity contribution in [1.82, 2.24) is 5.32 Å². The zero-order valence-corrected chi connectivity index (χ0v) is 10.4. The summed E-state index contributed by atoms with van der Waals surface area (Å²) in [7, 11) is 0. The van der Waals surface area contributed by atoms with Crippen LogP contribution < -0.4 is 5.32 Å². The lowest BCUT2D eigenvalue weighted by molar-refractivity contribution is -0.116. The molecule has 1 aromatic carbocycles. The average Bonchev–Trinajstić information content (AvgIpc) is 2.33. The third kappa shape index (κ3) is 5.52. The molecule has 1 aromatic rings. The van der Waals surface area contributed by atoms with Crippen LogP contribution in [0.3, 0.4) is 0 Å². The van der Waals surface area contributed by atoms with Crippen molar-refractivity contribution in [1.29, 1.82) is 0 Å². The van der Waals surface area contributed by atoms with E-state index in [-0.39, 0.29) is 12.5 Å². The van der Waals surface area contributed by atoms with Crippen molar-refractivity contribution in [2.24, 2.45) is 0 Å². The fourth-order valence-corrected chi connectivity index (χ4v) is 1.40. The van der Waals surface area contributed by atoms with Crippen LogP contribution in [-0.4, -0.2) is 23.7 Å². The Labute approximate surface area is 106 Å². The van der Waals surface area contributed by atoms with Crippen LogP contribution >= 0.6 is 11.6 Å². The maximum absolute atomic E-state index is 11.4. The number of aliphatic hydroxyl groups is 1. The molecular formula is C13H16ClNO2. The minimum atomic E-state index is -0.487. The van der Waals surface area contributed by atoms with Crippen molar-refractivity contribution in [3.8, 4) is 0 Å². The monoisotopic (exact) mass is 253 g/mol. The van der Waals surface area contributed by atoms with Crippen molar-refractivity contribution >= 4 is 23.6 Å². The Morgan fingerprint density at radius 2 is 2.35 bits per heavy atom. The van der Waals surface area contributed by atoms with Gasteiger partial charge in [-0.25, -0.2) is 0 Å². The predicted molar refractivity (Wildman–Crippen MR) is 69.8 cm³/mol. The molecule has 0 aliphatic carbocycles. The molecule has 0 heterocycles. The van der Waals surface area contributed by atoms with E-state index < -0.39 is 6.10 Å². The number of carbonyl (C=O) groups is 1. The topological polar surface area (TPSA) is 49.3 Å². The molecule has 1 unspecified atom stereocenters. The normalized spacial score (nSPS) is 12.6. The molecule has 1 rings (SSSR count). The molecule has 2 N–H and O–H groups in total. The second-order valence-electron chi connectivity index (χ2n) is 3.70. The van der Waals surface area contributed by atoms with Gasteiger partial charge in [-0.05, 0) is 30.2 Å². The molecule has 0 spiro atoms. The number of hydrogen-bond acceptors (Lipinski definition) is 2. The molecule has 3 nitrogen and oxygen atoms in total. The van der Waals surface area contributed by atoms with Gasteiger partial charge in [0, 0.05) is 17.6 Å². The number of nitrogens with one attached hydrogen (secondary N) is 1. The highest BCUT2D eigenvalue weighted by atomic mass is 35.5. The largest absolute Gasteiger partial charge is 0.391 e. The van der Waals surface area contributed by atoms with E-state index in [0.717, 1.165) is 5.56 Å². The molecule has 4 heteroatoms. The van der Waals surface area contributed by atoms with Crippen molar-refractivity contribution < 1.29 is 9.90 Å². The first-order valence-corrected chi connectivity index (χ1v) is 5.89. The molecule has 0 aliphatic heterocycles. The van der Waals surface area contributed by atoms with E-state index in [1.54, 1.807) is 18.2 Å². The number of rotatable bonds is 5. The van der Waals surface area contributed by atoms with Crippen LogP contribution in [0.1, 0.15) is 18.9 Å². The van der Waals surface area contributed by atoms with Crippen LogP contribution in [0.5, 0.6) is 0 Å². The van der Waals surface area contributed by atoms with Crippen molar-refractivity contribution in [3.63, 3.8) is 0 Å². The number of hydrogen-bond donors (Lipinski definition) is 2. The van der Waals surface area contributed by atoms with E-state index in [1.165, 1.54) is 6.08 Å². The Balaban J connectivity index is 2.45. The van der Waals surface area contributed by atoms with Crippen LogP contribution in [-0.2, 0) is 4.79 Å². The summed E-state index contributed by atoms with van der Waals surface area (Å²) in [6.45, 7) is 2.13. The minimum Gasteiger partial charge on any atom is -0.391 e. The highest BCUT2D eigenvalue weighted by Crippen LogP contribution is 2.11. The third-order valence-corrected chi connectivity index (χ3v) is 2.49. The van der Waals surface area contributed by atoms with E-state index in [1.807, 2.05) is 19.1 Å². The molecule has 92 valence electrons. The minimum absolute atomic E-state index is 0.225. The van der Waals surface area contributed by atoms with Gasteiger partial charge in [-0.2, -0.15) is 0 Å². The molecule has 17 heavy (non-hydrogen) atoms. The van der Waals surface area contributed by atoms with Crippen LogP contribution in [0.15, 0.2) is 30.3 Å². The Morgan fingerprint density at radius 3 is 3.00 bits per heavy atom. The van der Waals surface area contributed by atoms with Gasteiger partial charge in [0.25, 0.3) is 0 Å². The summed E-state index contributed by atoms with van der Waals surface area (Å²) in [4.78, 5) is 11.4. The zero-order valence-electron chi connectivity index (χ0n) is 9.69. The second-order valence-corrected chi connectivity index (χ2v) is 4.13. The number of benzene rings is 1. The standard InChI is InChI=1S/C13H16ClNO2/c1-2-12(16)9-15-13(17)7-6-10-4-3-5-11(14)8-10/h3-8,12,16H,2,9H2,1H3,(H,15,17)/b7-6+. The van der Waals surface area contributed by atoms with Crippen LogP contribution in [0.25, 0.3) is 6.08 Å². The maximum atomic E-state index is 11.4. The number of halogens is 1. The molecule has 1 amide bonds. The van der Waals surface area contributed by atoms with E-state index in [4.69, 9.17) is 11.6 Å². The predicted octanol–water partition coefficient (Wildman–Crippen LogP) is 2.24. The zero-order chi connectivity index (χ0) is 12.7. The molecular weight excluding hydrogens is 238 g/mol. The lowest BCUT2D eigenvalue weighted by atomic mass is 10.2. The Kier molecular flexibility index (Phi) is 5.73. The average molecular weight is 254 g/mol. The lowest BCUT2D eigenvalue weighted by Crippen LogP contribution is -2.30. The fourth-order valence-electron chi connectivity index (χ4n) is 1.20. The molecule has 0 aromatic heterocycles. The van der Waals surface area contributed by atoms with Gasteiger partial charge in [-0.3, -0.25) is 4.79 Å². The summed E-state index contributed by atoms with van der Waals surface area (Å²) in [5, 5.41) is 12.5. The Hall–Kier alpha value is -1.32. The number of amides is 1. The van der Waals surface area contributed by atoms with Crippen LogP contribution in [0.4, 0.5) is 0 Å². The summed E-state index contributed by atoms with van der Waals surface area (Å²) in [6.07, 6.45) is 3.24. The summed E-state index contributed by atoms with van der Waals surface area (Å²) in [6, 6.07) is 7.22. The smallest absolute Gasteiger partial charge is 0.244 e. The van der Waals surface area contributed by atoms with E-state index in [0.29, 0.717) is 11.4 Å². The van der Waals surface area contributed by atoms with Gasteiger partial charge in [0.2, 0.25) is 5.91 Å². The molecule has 1 atom stereocenters. The molecule has 0 saturated carbocycles. The quantitative estimate of drug-likeness (QED) is 0.791. The second kappa shape index (κ2) is 7.09. The van der Waals surface area contributed by atoms with Crippen molar-refractivity contribution in [2.75, 3.05) is 6.54 Å². The molecule has 0 aliphatic rings. The summed E-state index contributed by atoms with van der Waals surface area (Å²) in [5.41, 5.74) is 0.865. The Bertz CT molecular complexity index is 404. The summed E-state index contributed by atoms with van der Waals surface area (Å²) >= 11 is 5.81. The highest BCUT2D eigenvalue weighted by Gasteiger charge is 2.01. The van der Waals surface area contributed by atoms with Gasteiger partial charge in [-0.1, -0.05) is 30.7 Å². The molecule has 0 radical (unpaired) electrons. The molecule has 0 bridgehead atoms. The van der Waals surface area contributed by atoms with Gasteiger partial charge >= 0.3 is 0 Å². The van der Waals surface area contributed by atoms with Crippen molar-refractivity contribution in [3.05, 3.63) is 40.9 Å². The van der Waals surface area contributed by atoms with E-state index in [9.17, 15) is 9.90 Å². The third-order valence-electron chi connectivity index (χ3n) is 2.26. The summed E-state index contributed by atoms with van der Waals surface area (Å²) in [5.74, 6) is -0.225. The Morgan fingerprint density at radius 1 is 1.59 bits per heavy atom. The number of carbonyl (C=O) groups excluding carboxylic acids is 1. The lowest BCUT2D eigenvalue weighted by Gasteiger charge is -2.07. The van der Waals surface area contributed by atoms with Gasteiger partial charge in [0.15, 0.2) is 0 Å². The van der Waals surface area contributed by atoms with E-state index in [2.05, 4.69) is 5.32 Å². The van der Waals surface area contributed by atoms with Gasteiger partial charge in [0.1, 0.15) is 0 Å². The molecule has 0 fully saturated rings. The first kappa shape index (κ1) is 13.7. The highest BCUT2D eigenvalue weighted by molar-refractivity contribution is 6.30. The van der Waals surface area contributed by atoms with Gasteiger partial charge in [-0.15, -0.1) is 0 Å². The van der Waals surface area contributed by atoms with Crippen LogP contribution in [0, 0.1) is 0 Å². The van der Waals surface area contributed by atoms with Gasteiger partial charge < -0.3 is 10.4 Å². The first-order chi connectivity index (χ1) is 8.11. The van der Waals surface area contributed by atoms with Gasteiger partial charge in [0.05, 0.1) is 6.10 Å². The maximum Gasteiger partial charge on any atom is 0.244 e. The van der Waals surface area contributed by atoms with E-state index >= 15 is 0 Å². The molecule has 0 saturated heterocycles.